The molecule has 5 nitrogen and oxygen atoms in total. The molecule has 0 saturated carbocycles. The fraction of sp³-hybridized carbons (Fsp3) is 0.278. The van der Waals surface area contributed by atoms with Gasteiger partial charge in [-0.2, -0.15) is 0 Å². The third kappa shape index (κ3) is 4.92. The van der Waals surface area contributed by atoms with Crippen molar-refractivity contribution in [1.29, 1.82) is 0 Å². The molecule has 0 atom stereocenters. The summed E-state index contributed by atoms with van der Waals surface area (Å²) in [5, 5.41) is 2.87. The first-order valence-corrected chi connectivity index (χ1v) is 7.59. The molecule has 0 aliphatic carbocycles. The summed E-state index contributed by atoms with van der Waals surface area (Å²) < 4.78 is 6.65. The average molecular weight is 313 g/mol. The van der Waals surface area contributed by atoms with E-state index in [0.29, 0.717) is 24.3 Å². The average Bonchev–Trinajstić information content (AvgIpc) is 2.55. The lowest BCUT2D eigenvalue weighted by Gasteiger charge is -2.06. The molecule has 0 saturated heterocycles. The lowest BCUT2D eigenvalue weighted by molar-refractivity contribution is -0.671. The van der Waals surface area contributed by atoms with Crippen LogP contribution in [0.5, 0.6) is 0 Å². The van der Waals surface area contributed by atoms with Crippen LogP contribution in [0.4, 0.5) is 0 Å². The number of esters is 1. The molecule has 0 unspecified atom stereocenters. The van der Waals surface area contributed by atoms with Crippen molar-refractivity contribution in [3.63, 3.8) is 0 Å². The van der Waals surface area contributed by atoms with Crippen LogP contribution in [0.15, 0.2) is 48.8 Å². The van der Waals surface area contributed by atoms with Gasteiger partial charge in [0, 0.05) is 6.54 Å². The third-order valence-corrected chi connectivity index (χ3v) is 3.31. The quantitative estimate of drug-likeness (QED) is 0.652. The second kappa shape index (κ2) is 8.08. The van der Waals surface area contributed by atoms with E-state index in [-0.39, 0.29) is 5.91 Å². The number of hydrogen-bond acceptors (Lipinski definition) is 3. The zero-order valence-corrected chi connectivity index (χ0v) is 13.4. The van der Waals surface area contributed by atoms with Gasteiger partial charge in [-0.1, -0.05) is 30.3 Å². The number of amides is 1. The molecular weight excluding hydrogens is 292 g/mol. The van der Waals surface area contributed by atoms with Crippen LogP contribution in [-0.2, 0) is 18.2 Å². The number of aromatic nitrogens is 1. The molecule has 1 amide bonds. The Kier molecular flexibility index (Phi) is 5.86. The van der Waals surface area contributed by atoms with Crippen molar-refractivity contribution in [2.24, 2.45) is 7.05 Å². The molecule has 0 aliphatic rings. The molecule has 1 heterocycles. The summed E-state index contributed by atoms with van der Waals surface area (Å²) in [5.74, 6) is -0.635. The van der Waals surface area contributed by atoms with E-state index in [2.05, 4.69) is 5.32 Å². The standard InChI is InChI=1S/C18H20N2O3/c1-3-23-18(22)16-11-15(12-20(2)13-16)17(21)19-10-9-14-7-5-4-6-8-14/h4-8,11-13H,3,9-10H2,1-2H3/p+1. The van der Waals surface area contributed by atoms with Crippen LogP contribution >= 0.6 is 0 Å². The molecule has 0 fully saturated rings. The minimum Gasteiger partial charge on any atom is -0.462 e. The maximum Gasteiger partial charge on any atom is 0.344 e. The predicted octanol–water partition coefficient (Wildman–Crippen LogP) is 1.66. The van der Waals surface area contributed by atoms with E-state index in [1.165, 1.54) is 5.56 Å². The number of aryl methyl sites for hydroxylation is 1. The number of ether oxygens (including phenoxy) is 1. The van der Waals surface area contributed by atoms with Gasteiger partial charge in [-0.05, 0) is 25.0 Å². The fourth-order valence-electron chi connectivity index (χ4n) is 2.24. The van der Waals surface area contributed by atoms with Crippen LogP contribution in [0.25, 0.3) is 0 Å². The van der Waals surface area contributed by atoms with Crippen LogP contribution < -0.4 is 9.88 Å². The third-order valence-electron chi connectivity index (χ3n) is 3.31. The molecule has 0 aliphatic heterocycles. The number of rotatable bonds is 6. The second-order valence-electron chi connectivity index (χ2n) is 5.19. The van der Waals surface area contributed by atoms with Gasteiger partial charge in [0.05, 0.1) is 6.61 Å². The van der Waals surface area contributed by atoms with E-state index in [0.717, 1.165) is 6.42 Å². The first-order chi connectivity index (χ1) is 11.1. The van der Waals surface area contributed by atoms with Crippen LogP contribution in [0.2, 0.25) is 0 Å². The molecule has 120 valence electrons. The second-order valence-corrected chi connectivity index (χ2v) is 5.19. The number of nitrogens with one attached hydrogen (secondary N) is 1. The maximum absolute atomic E-state index is 12.2. The minimum atomic E-state index is -0.429. The summed E-state index contributed by atoms with van der Waals surface area (Å²) in [6, 6.07) is 11.5. The monoisotopic (exact) mass is 313 g/mol. The lowest BCUT2D eigenvalue weighted by atomic mass is 10.1. The number of carbonyl (C=O) groups is 2. The Morgan fingerprint density at radius 1 is 1.13 bits per heavy atom. The summed E-state index contributed by atoms with van der Waals surface area (Å²) in [6.45, 7) is 2.59. The highest BCUT2D eigenvalue weighted by atomic mass is 16.5. The number of pyridine rings is 1. The van der Waals surface area contributed by atoms with E-state index in [1.54, 1.807) is 37.0 Å². The summed E-state index contributed by atoms with van der Waals surface area (Å²) in [6.07, 6.45) is 4.08. The van der Waals surface area contributed by atoms with Crippen molar-refractivity contribution in [3.8, 4) is 0 Å². The Hall–Kier alpha value is -2.69. The normalized spacial score (nSPS) is 10.2. The van der Waals surface area contributed by atoms with Gasteiger partial charge < -0.3 is 10.1 Å². The topological polar surface area (TPSA) is 59.3 Å². The molecule has 1 N–H and O–H groups in total. The lowest BCUT2D eigenvalue weighted by Crippen LogP contribution is -2.33. The molecule has 5 heteroatoms. The van der Waals surface area contributed by atoms with Gasteiger partial charge in [-0.25, -0.2) is 9.36 Å². The van der Waals surface area contributed by atoms with Gasteiger partial charge in [0.1, 0.15) is 18.2 Å². The van der Waals surface area contributed by atoms with Gasteiger partial charge in [0.25, 0.3) is 5.91 Å². The summed E-state index contributed by atoms with van der Waals surface area (Å²) >= 11 is 0. The van der Waals surface area contributed by atoms with Gasteiger partial charge in [-0.15, -0.1) is 0 Å². The van der Waals surface area contributed by atoms with E-state index in [9.17, 15) is 9.59 Å². The molecule has 2 aromatic rings. The van der Waals surface area contributed by atoms with E-state index < -0.39 is 5.97 Å². The summed E-state index contributed by atoms with van der Waals surface area (Å²) in [7, 11) is 1.77. The SMILES string of the molecule is CCOC(=O)c1cc(C(=O)NCCc2ccccc2)c[n+](C)c1. The van der Waals surface area contributed by atoms with Gasteiger partial charge in [-0.3, -0.25) is 4.79 Å². The first kappa shape index (κ1) is 16.7. The Bertz CT molecular complexity index is 684. The van der Waals surface area contributed by atoms with Gasteiger partial charge >= 0.3 is 5.97 Å². The van der Waals surface area contributed by atoms with Crippen molar-refractivity contribution in [2.75, 3.05) is 13.2 Å². The van der Waals surface area contributed by atoms with Crippen LogP contribution in [-0.4, -0.2) is 25.0 Å². The highest BCUT2D eigenvalue weighted by molar-refractivity contribution is 5.97. The first-order valence-electron chi connectivity index (χ1n) is 7.59. The van der Waals surface area contributed by atoms with Crippen molar-refractivity contribution in [2.45, 2.75) is 13.3 Å². The molecule has 23 heavy (non-hydrogen) atoms. The van der Waals surface area contributed by atoms with Crippen molar-refractivity contribution < 1.29 is 18.9 Å². The van der Waals surface area contributed by atoms with E-state index in [4.69, 9.17) is 4.74 Å². The number of hydrogen-bond donors (Lipinski definition) is 1. The van der Waals surface area contributed by atoms with Crippen molar-refractivity contribution in [1.82, 2.24) is 5.32 Å². The van der Waals surface area contributed by atoms with Gasteiger partial charge in [0.2, 0.25) is 0 Å². The zero-order chi connectivity index (χ0) is 16.7. The Balaban J connectivity index is 2.00. The summed E-state index contributed by atoms with van der Waals surface area (Å²) in [4.78, 5) is 24.0. The van der Waals surface area contributed by atoms with E-state index in [1.807, 2.05) is 30.3 Å². The Morgan fingerprint density at radius 2 is 1.83 bits per heavy atom. The zero-order valence-electron chi connectivity index (χ0n) is 13.4. The van der Waals surface area contributed by atoms with Crippen molar-refractivity contribution >= 4 is 11.9 Å². The fourth-order valence-corrected chi connectivity index (χ4v) is 2.24. The molecule has 0 bridgehead atoms. The largest absolute Gasteiger partial charge is 0.462 e. The molecule has 0 radical (unpaired) electrons. The highest BCUT2D eigenvalue weighted by Gasteiger charge is 2.16. The molecule has 1 aromatic heterocycles. The molecule has 2 rings (SSSR count). The Morgan fingerprint density at radius 3 is 2.52 bits per heavy atom. The predicted molar refractivity (Wildman–Crippen MR) is 86.1 cm³/mol. The van der Waals surface area contributed by atoms with E-state index >= 15 is 0 Å². The molecular formula is C18H21N2O3+. The number of nitrogens with zero attached hydrogens (tertiary/aromatic N) is 1. The number of benzene rings is 1. The van der Waals surface area contributed by atoms with Crippen molar-refractivity contribution in [3.05, 3.63) is 65.5 Å². The smallest absolute Gasteiger partial charge is 0.344 e. The summed E-state index contributed by atoms with van der Waals surface area (Å²) in [5.41, 5.74) is 1.97. The van der Waals surface area contributed by atoms with Crippen LogP contribution in [0.3, 0.4) is 0 Å². The molecule has 1 aromatic carbocycles. The Labute approximate surface area is 135 Å². The van der Waals surface area contributed by atoms with Crippen LogP contribution in [0, 0.1) is 0 Å². The van der Waals surface area contributed by atoms with Gasteiger partial charge in [0.15, 0.2) is 12.4 Å². The molecule has 0 spiro atoms. The highest BCUT2D eigenvalue weighted by Crippen LogP contribution is 2.04. The maximum atomic E-state index is 12.2. The van der Waals surface area contributed by atoms with Crippen LogP contribution in [0.1, 0.15) is 33.2 Å². The number of carbonyl (C=O) groups excluding carboxylic acids is 2. The minimum absolute atomic E-state index is 0.206.